The minimum Gasteiger partial charge on any atom is -0.381 e. The topological polar surface area (TPSA) is 106 Å². The quantitative estimate of drug-likeness (QED) is 0.370. The number of ketones is 1. The van der Waals surface area contributed by atoms with Crippen molar-refractivity contribution in [3.63, 3.8) is 0 Å². The number of nitrogens with zero attached hydrogens (tertiary/aromatic N) is 4. The van der Waals surface area contributed by atoms with Crippen molar-refractivity contribution in [3.05, 3.63) is 51.8 Å². The monoisotopic (exact) mass is 579 g/mol. The van der Waals surface area contributed by atoms with Crippen LogP contribution >= 0.6 is 15.9 Å². The minimum absolute atomic E-state index is 0.0355. The third kappa shape index (κ3) is 4.33. The van der Waals surface area contributed by atoms with Crippen LogP contribution in [0.15, 0.2) is 34.9 Å². The van der Waals surface area contributed by atoms with Gasteiger partial charge in [-0.3, -0.25) is 19.1 Å². The standard InChI is InChI=1S/C28H30BrN5O4/c1-16-9-10-22(29)30-26(16)31-27(37)20-12-28-13-21(28)34(20)23(36)14-33-25-18(6-3-4-11-38-15-28)7-5-8-19(25)24(32-33)17(2)35/h5,7-10,20-21H,3-4,6,11-15H2,1-2H3,(H,30,31,37)/t20-,21+,28-/m0/s1. The molecule has 4 heterocycles. The second kappa shape index (κ2) is 9.57. The highest BCUT2D eigenvalue weighted by molar-refractivity contribution is 9.10. The van der Waals surface area contributed by atoms with Crippen LogP contribution in [0.2, 0.25) is 0 Å². The first-order valence-electron chi connectivity index (χ1n) is 13.1. The Balaban J connectivity index is 1.36. The van der Waals surface area contributed by atoms with E-state index in [0.717, 1.165) is 47.7 Å². The lowest BCUT2D eigenvalue weighted by molar-refractivity contribution is -0.138. The van der Waals surface area contributed by atoms with Crippen LogP contribution in [0.25, 0.3) is 10.9 Å². The van der Waals surface area contributed by atoms with Gasteiger partial charge < -0.3 is 15.0 Å². The van der Waals surface area contributed by atoms with Gasteiger partial charge in [-0.25, -0.2) is 4.98 Å². The molecule has 1 aromatic carbocycles. The Morgan fingerprint density at radius 2 is 2.03 bits per heavy atom. The summed E-state index contributed by atoms with van der Waals surface area (Å²) in [7, 11) is 0. The largest absolute Gasteiger partial charge is 0.381 e. The van der Waals surface area contributed by atoms with Crippen molar-refractivity contribution < 1.29 is 19.1 Å². The average molecular weight is 580 g/mol. The van der Waals surface area contributed by atoms with E-state index < -0.39 is 6.04 Å². The van der Waals surface area contributed by atoms with Crippen LogP contribution in [0.1, 0.15) is 54.2 Å². The summed E-state index contributed by atoms with van der Waals surface area (Å²) in [6, 6.07) is 8.87. The van der Waals surface area contributed by atoms with Crippen LogP contribution in [-0.4, -0.2) is 62.6 Å². The number of anilines is 1. The number of carbonyl (C=O) groups excluding carboxylic acids is 3. The molecule has 2 aromatic heterocycles. The molecular formula is C28H30BrN5O4. The Labute approximate surface area is 229 Å². The molecule has 0 unspecified atom stereocenters. The van der Waals surface area contributed by atoms with Gasteiger partial charge in [0.1, 0.15) is 28.7 Å². The first-order chi connectivity index (χ1) is 18.3. The Bertz CT molecular complexity index is 1470. The van der Waals surface area contributed by atoms with E-state index in [1.807, 2.05) is 37.3 Å². The van der Waals surface area contributed by atoms with E-state index in [1.165, 1.54) is 6.92 Å². The number of pyridine rings is 1. The van der Waals surface area contributed by atoms with Crippen molar-refractivity contribution in [1.82, 2.24) is 19.7 Å². The molecule has 2 bridgehead atoms. The molecule has 38 heavy (non-hydrogen) atoms. The number of piperidine rings is 1. The van der Waals surface area contributed by atoms with Gasteiger partial charge in [0.15, 0.2) is 5.78 Å². The van der Waals surface area contributed by atoms with Crippen molar-refractivity contribution in [2.24, 2.45) is 5.41 Å². The maximum atomic E-state index is 13.9. The fourth-order valence-corrected chi connectivity index (χ4v) is 6.45. The van der Waals surface area contributed by atoms with E-state index in [-0.39, 0.29) is 35.6 Å². The highest BCUT2D eigenvalue weighted by atomic mass is 79.9. The van der Waals surface area contributed by atoms with E-state index in [9.17, 15) is 14.4 Å². The van der Waals surface area contributed by atoms with Gasteiger partial charge in [-0.15, -0.1) is 0 Å². The molecule has 2 amide bonds. The summed E-state index contributed by atoms with van der Waals surface area (Å²) in [4.78, 5) is 46.1. The van der Waals surface area contributed by atoms with Crippen molar-refractivity contribution in [2.45, 2.75) is 64.6 Å². The fourth-order valence-electron chi connectivity index (χ4n) is 6.14. The summed E-state index contributed by atoms with van der Waals surface area (Å²) in [5.74, 6) is -0.0956. The Morgan fingerprint density at radius 3 is 2.84 bits per heavy atom. The SMILES string of the molecule is CC(=O)c1nn2c3c(cccc13)CCCCOC[C@@]13C[C@@H](C(=O)Nc4nc(Br)ccc4C)N(C(=O)C2)[C@@H]1C3. The van der Waals surface area contributed by atoms with Gasteiger partial charge in [0.2, 0.25) is 11.8 Å². The van der Waals surface area contributed by atoms with Crippen molar-refractivity contribution in [1.29, 1.82) is 0 Å². The number of halogens is 1. The van der Waals surface area contributed by atoms with Gasteiger partial charge in [-0.1, -0.05) is 24.3 Å². The van der Waals surface area contributed by atoms with Crippen LogP contribution in [0.4, 0.5) is 5.82 Å². The van der Waals surface area contributed by atoms with Crippen LogP contribution in [-0.2, 0) is 27.3 Å². The van der Waals surface area contributed by atoms with E-state index in [4.69, 9.17) is 4.74 Å². The summed E-state index contributed by atoms with van der Waals surface area (Å²) in [6.45, 7) is 4.52. The number of hydrogen-bond donors (Lipinski definition) is 1. The predicted octanol–water partition coefficient (Wildman–Crippen LogP) is 4.06. The van der Waals surface area contributed by atoms with E-state index in [0.29, 0.717) is 35.7 Å². The molecular weight excluding hydrogens is 550 g/mol. The summed E-state index contributed by atoms with van der Waals surface area (Å²) in [6.07, 6.45) is 4.01. The van der Waals surface area contributed by atoms with Crippen LogP contribution in [0.3, 0.4) is 0 Å². The number of nitrogens with one attached hydrogen (secondary N) is 1. The number of para-hydroxylation sites is 1. The Kier molecular flexibility index (Phi) is 6.34. The van der Waals surface area contributed by atoms with Crippen LogP contribution in [0.5, 0.6) is 0 Å². The number of amides is 2. The zero-order chi connectivity index (χ0) is 26.6. The van der Waals surface area contributed by atoms with E-state index in [2.05, 4.69) is 31.3 Å². The third-order valence-electron chi connectivity index (χ3n) is 8.16. The minimum atomic E-state index is -0.635. The van der Waals surface area contributed by atoms with E-state index >= 15 is 0 Å². The van der Waals surface area contributed by atoms with Gasteiger partial charge in [-0.2, -0.15) is 5.10 Å². The number of ether oxygens (including phenoxy) is 1. The molecule has 10 heteroatoms. The van der Waals surface area contributed by atoms with E-state index in [1.54, 1.807) is 9.58 Å². The molecule has 198 valence electrons. The third-order valence-corrected chi connectivity index (χ3v) is 8.60. The molecule has 3 atom stereocenters. The lowest BCUT2D eigenvalue weighted by Crippen LogP contribution is -2.47. The number of aromatic nitrogens is 3. The number of benzene rings is 1. The molecule has 2 fully saturated rings. The smallest absolute Gasteiger partial charge is 0.248 e. The van der Waals surface area contributed by atoms with Gasteiger partial charge in [-0.05, 0) is 72.2 Å². The molecule has 1 N–H and O–H groups in total. The maximum Gasteiger partial charge on any atom is 0.248 e. The first-order valence-corrected chi connectivity index (χ1v) is 13.9. The van der Waals surface area contributed by atoms with Gasteiger partial charge in [0, 0.05) is 30.4 Å². The molecule has 3 aromatic rings. The first kappa shape index (κ1) is 25.2. The lowest BCUT2D eigenvalue weighted by atomic mass is 10.00. The number of hydrogen-bond acceptors (Lipinski definition) is 6. The lowest BCUT2D eigenvalue weighted by Gasteiger charge is -2.27. The molecule has 9 nitrogen and oxygen atoms in total. The Hall–Kier alpha value is -3.11. The number of aryl methyl sites for hydroxylation is 2. The van der Waals surface area contributed by atoms with Gasteiger partial charge in [0.25, 0.3) is 0 Å². The van der Waals surface area contributed by atoms with Crippen LogP contribution < -0.4 is 5.32 Å². The predicted molar refractivity (Wildman–Crippen MR) is 145 cm³/mol. The zero-order valence-electron chi connectivity index (χ0n) is 21.5. The van der Waals surface area contributed by atoms with Gasteiger partial charge >= 0.3 is 0 Å². The second-order valence-electron chi connectivity index (χ2n) is 10.8. The summed E-state index contributed by atoms with van der Waals surface area (Å²) >= 11 is 3.37. The fraction of sp³-hybridized carbons (Fsp3) is 0.464. The zero-order valence-corrected chi connectivity index (χ0v) is 23.1. The molecule has 3 aliphatic rings. The highest BCUT2D eigenvalue weighted by Gasteiger charge is 2.67. The molecule has 1 aliphatic carbocycles. The highest BCUT2D eigenvalue weighted by Crippen LogP contribution is 2.60. The van der Waals surface area contributed by atoms with Crippen molar-refractivity contribution in [2.75, 3.05) is 18.5 Å². The number of carbonyl (C=O) groups is 3. The second-order valence-corrected chi connectivity index (χ2v) is 11.6. The summed E-state index contributed by atoms with van der Waals surface area (Å²) < 4.78 is 8.39. The maximum absolute atomic E-state index is 13.9. The molecule has 1 saturated heterocycles. The number of rotatable bonds is 3. The summed E-state index contributed by atoms with van der Waals surface area (Å²) in [5.41, 5.74) is 2.88. The number of Topliss-reactive ketones (excluding diaryl/α,β-unsaturated/α-hetero) is 1. The molecule has 1 saturated carbocycles. The Morgan fingerprint density at radius 1 is 1.18 bits per heavy atom. The molecule has 2 aliphatic heterocycles. The summed E-state index contributed by atoms with van der Waals surface area (Å²) in [5, 5.41) is 8.31. The van der Waals surface area contributed by atoms with Crippen LogP contribution in [0, 0.1) is 12.3 Å². The average Bonchev–Trinajstić information content (AvgIpc) is 3.28. The normalized spacial score (nSPS) is 25.1. The van der Waals surface area contributed by atoms with Crippen molar-refractivity contribution >= 4 is 50.2 Å². The molecule has 6 rings (SSSR count). The van der Waals surface area contributed by atoms with Gasteiger partial charge in [0.05, 0.1) is 12.1 Å². The van der Waals surface area contributed by atoms with Crippen molar-refractivity contribution in [3.8, 4) is 0 Å². The molecule has 0 radical (unpaired) electrons. The molecule has 0 spiro atoms.